The highest BCUT2D eigenvalue weighted by Gasteiger charge is 2.23. The molecule has 2 aromatic rings. The van der Waals surface area contributed by atoms with Gasteiger partial charge in [-0.2, -0.15) is 0 Å². The molecule has 158 valence electrons. The highest BCUT2D eigenvalue weighted by atomic mass is 19.1. The number of carbonyl (C=O) groups excluding carboxylic acids is 2. The van der Waals surface area contributed by atoms with Crippen LogP contribution in [0.1, 0.15) is 29.9 Å². The van der Waals surface area contributed by atoms with Crippen molar-refractivity contribution in [2.45, 2.75) is 20.4 Å². The molecule has 1 heterocycles. The molecule has 6 nitrogen and oxygen atoms in total. The zero-order valence-electron chi connectivity index (χ0n) is 17.6. The van der Waals surface area contributed by atoms with E-state index < -0.39 is 5.82 Å². The first-order valence-corrected chi connectivity index (χ1v) is 9.73. The molecule has 0 spiro atoms. The number of hydrogen-bond acceptors (Lipinski definition) is 3. The van der Waals surface area contributed by atoms with Gasteiger partial charge in [0.25, 0.3) is 5.91 Å². The molecule has 7 heteroatoms. The van der Waals surface area contributed by atoms with Crippen LogP contribution in [-0.4, -0.2) is 59.5 Å². The van der Waals surface area contributed by atoms with Gasteiger partial charge in [0.2, 0.25) is 5.91 Å². The summed E-state index contributed by atoms with van der Waals surface area (Å²) in [5.41, 5.74) is 1.36. The number of aromatic nitrogens is 1. The maximum absolute atomic E-state index is 13.2. The third-order valence-electron chi connectivity index (χ3n) is 4.61. The average Bonchev–Trinajstić information content (AvgIpc) is 3.08. The Morgan fingerprint density at radius 3 is 2.38 bits per heavy atom. The standard InChI is InChI=1S/C22H30FN3O3/c1-17(2)14-26(22(28)18-7-9-19(23)10-8-18)16-21(27)25(12-13-29-4)15-20-6-5-11-24(20)3/h5-11,17H,12-16H2,1-4H3. The lowest BCUT2D eigenvalue weighted by Crippen LogP contribution is -2.45. The molecule has 0 saturated carbocycles. The summed E-state index contributed by atoms with van der Waals surface area (Å²) in [5, 5.41) is 0. The number of rotatable bonds is 10. The number of methoxy groups -OCH3 is 1. The van der Waals surface area contributed by atoms with Gasteiger partial charge < -0.3 is 19.1 Å². The number of aryl methyl sites for hydroxylation is 1. The summed E-state index contributed by atoms with van der Waals surface area (Å²) in [6.45, 7) is 5.65. The summed E-state index contributed by atoms with van der Waals surface area (Å²) in [4.78, 5) is 29.2. The van der Waals surface area contributed by atoms with Gasteiger partial charge in [0, 0.05) is 44.7 Å². The summed E-state index contributed by atoms with van der Waals surface area (Å²) < 4.78 is 20.3. The average molecular weight is 403 g/mol. The van der Waals surface area contributed by atoms with Crippen LogP contribution in [0.4, 0.5) is 4.39 Å². The molecule has 0 aliphatic heterocycles. The minimum Gasteiger partial charge on any atom is -0.383 e. The fourth-order valence-electron chi connectivity index (χ4n) is 3.05. The molecule has 0 fully saturated rings. The second kappa shape index (κ2) is 10.8. The van der Waals surface area contributed by atoms with Gasteiger partial charge in [-0.15, -0.1) is 0 Å². The number of benzene rings is 1. The minimum absolute atomic E-state index is 0.0392. The highest BCUT2D eigenvalue weighted by Crippen LogP contribution is 2.11. The Morgan fingerprint density at radius 2 is 1.83 bits per heavy atom. The first-order valence-electron chi connectivity index (χ1n) is 9.73. The van der Waals surface area contributed by atoms with Crippen LogP contribution in [0.5, 0.6) is 0 Å². The quantitative estimate of drug-likeness (QED) is 0.613. The number of ether oxygens (including phenoxy) is 1. The SMILES string of the molecule is COCCN(Cc1cccn1C)C(=O)CN(CC(C)C)C(=O)c1ccc(F)cc1. The molecular formula is C22H30FN3O3. The zero-order valence-corrected chi connectivity index (χ0v) is 17.6. The van der Waals surface area contributed by atoms with E-state index in [1.807, 2.05) is 43.8 Å². The molecule has 0 unspecified atom stereocenters. The third kappa shape index (κ3) is 6.71. The van der Waals surface area contributed by atoms with Crippen molar-refractivity contribution in [3.63, 3.8) is 0 Å². The van der Waals surface area contributed by atoms with Crippen LogP contribution in [0, 0.1) is 11.7 Å². The second-order valence-electron chi connectivity index (χ2n) is 7.50. The van der Waals surface area contributed by atoms with Gasteiger partial charge in [0.15, 0.2) is 0 Å². The Bertz CT molecular complexity index is 802. The molecule has 1 aromatic carbocycles. The predicted molar refractivity (Wildman–Crippen MR) is 110 cm³/mol. The first kappa shape index (κ1) is 22.6. The van der Waals surface area contributed by atoms with Crippen molar-refractivity contribution in [1.29, 1.82) is 0 Å². The summed E-state index contributed by atoms with van der Waals surface area (Å²) in [6.07, 6.45) is 1.93. The summed E-state index contributed by atoms with van der Waals surface area (Å²) in [7, 11) is 3.52. The molecule has 0 aliphatic rings. The van der Waals surface area contributed by atoms with E-state index in [0.717, 1.165) is 5.69 Å². The molecule has 1 aromatic heterocycles. The summed E-state index contributed by atoms with van der Waals surface area (Å²) in [6, 6.07) is 9.29. The van der Waals surface area contributed by atoms with Crippen LogP contribution in [0.2, 0.25) is 0 Å². The predicted octanol–water partition coefficient (Wildman–Crippen LogP) is 2.94. The summed E-state index contributed by atoms with van der Waals surface area (Å²) in [5.74, 6) is -0.647. The van der Waals surface area contributed by atoms with Gasteiger partial charge in [-0.3, -0.25) is 9.59 Å². The van der Waals surface area contributed by atoms with E-state index in [9.17, 15) is 14.0 Å². The number of halogens is 1. The van der Waals surface area contributed by atoms with Crippen LogP contribution in [0.25, 0.3) is 0 Å². The van der Waals surface area contributed by atoms with Gasteiger partial charge in [-0.1, -0.05) is 13.8 Å². The van der Waals surface area contributed by atoms with Crippen molar-refractivity contribution in [1.82, 2.24) is 14.4 Å². The van der Waals surface area contributed by atoms with Crippen LogP contribution in [0.15, 0.2) is 42.6 Å². The van der Waals surface area contributed by atoms with Gasteiger partial charge in [-0.25, -0.2) is 4.39 Å². The van der Waals surface area contributed by atoms with E-state index in [1.165, 1.54) is 29.2 Å². The highest BCUT2D eigenvalue weighted by molar-refractivity contribution is 5.96. The topological polar surface area (TPSA) is 54.8 Å². The van der Waals surface area contributed by atoms with E-state index in [1.54, 1.807) is 12.0 Å². The molecular weight excluding hydrogens is 373 g/mol. The van der Waals surface area contributed by atoms with Gasteiger partial charge in [0.05, 0.1) is 13.2 Å². The van der Waals surface area contributed by atoms with Crippen molar-refractivity contribution in [3.8, 4) is 0 Å². The van der Waals surface area contributed by atoms with E-state index in [2.05, 4.69) is 0 Å². The van der Waals surface area contributed by atoms with Gasteiger partial charge in [0.1, 0.15) is 12.4 Å². The van der Waals surface area contributed by atoms with E-state index >= 15 is 0 Å². The van der Waals surface area contributed by atoms with Crippen LogP contribution in [-0.2, 0) is 23.1 Å². The largest absolute Gasteiger partial charge is 0.383 e. The molecule has 0 bridgehead atoms. The lowest BCUT2D eigenvalue weighted by molar-refractivity contribution is -0.133. The van der Waals surface area contributed by atoms with E-state index in [-0.39, 0.29) is 24.3 Å². The van der Waals surface area contributed by atoms with Crippen molar-refractivity contribution >= 4 is 11.8 Å². The normalized spacial score (nSPS) is 11.0. The van der Waals surface area contributed by atoms with Crippen molar-refractivity contribution < 1.29 is 18.7 Å². The maximum atomic E-state index is 13.2. The lowest BCUT2D eigenvalue weighted by atomic mass is 10.1. The Morgan fingerprint density at radius 1 is 1.14 bits per heavy atom. The van der Waals surface area contributed by atoms with Crippen LogP contribution >= 0.6 is 0 Å². The minimum atomic E-state index is -0.402. The third-order valence-corrected chi connectivity index (χ3v) is 4.61. The Kier molecular flexibility index (Phi) is 8.39. The Labute approximate surface area is 171 Å². The zero-order chi connectivity index (χ0) is 21.4. The molecule has 0 N–H and O–H groups in total. The van der Waals surface area contributed by atoms with E-state index in [4.69, 9.17) is 4.74 Å². The molecule has 2 amide bonds. The van der Waals surface area contributed by atoms with Gasteiger partial charge >= 0.3 is 0 Å². The Balaban J connectivity index is 2.17. The number of amides is 2. The number of nitrogens with zero attached hydrogens (tertiary/aromatic N) is 3. The van der Waals surface area contributed by atoms with E-state index in [0.29, 0.717) is 31.8 Å². The van der Waals surface area contributed by atoms with Crippen molar-refractivity contribution in [2.24, 2.45) is 13.0 Å². The molecule has 29 heavy (non-hydrogen) atoms. The monoisotopic (exact) mass is 403 g/mol. The molecule has 0 aliphatic carbocycles. The van der Waals surface area contributed by atoms with Gasteiger partial charge in [-0.05, 0) is 42.3 Å². The smallest absolute Gasteiger partial charge is 0.254 e. The number of carbonyl (C=O) groups is 2. The Hall–Kier alpha value is -2.67. The molecule has 0 radical (unpaired) electrons. The van der Waals surface area contributed by atoms with Crippen molar-refractivity contribution in [2.75, 3.05) is 33.4 Å². The molecule has 0 atom stereocenters. The first-order chi connectivity index (χ1) is 13.8. The van der Waals surface area contributed by atoms with Crippen LogP contribution in [0.3, 0.4) is 0 Å². The fraction of sp³-hybridized carbons (Fsp3) is 0.455. The second-order valence-corrected chi connectivity index (χ2v) is 7.50. The molecule has 0 saturated heterocycles. The lowest BCUT2D eigenvalue weighted by Gasteiger charge is -2.29. The van der Waals surface area contributed by atoms with Crippen molar-refractivity contribution in [3.05, 3.63) is 59.7 Å². The molecule has 2 rings (SSSR count). The van der Waals surface area contributed by atoms with Crippen LogP contribution < -0.4 is 0 Å². The summed E-state index contributed by atoms with van der Waals surface area (Å²) >= 11 is 0. The maximum Gasteiger partial charge on any atom is 0.254 e. The number of hydrogen-bond donors (Lipinski definition) is 0. The fourth-order valence-corrected chi connectivity index (χ4v) is 3.05.